The van der Waals surface area contributed by atoms with E-state index in [2.05, 4.69) is 9.97 Å². The fraction of sp³-hybridized carbons (Fsp3) is 0.214. The zero-order chi connectivity index (χ0) is 13.8. The van der Waals surface area contributed by atoms with E-state index in [-0.39, 0.29) is 5.56 Å². The van der Waals surface area contributed by atoms with Gasteiger partial charge >= 0.3 is 5.97 Å². The van der Waals surface area contributed by atoms with E-state index in [4.69, 9.17) is 4.74 Å². The molecule has 0 atom stereocenters. The van der Waals surface area contributed by atoms with Crippen LogP contribution >= 0.6 is 0 Å². The minimum absolute atomic E-state index is 0.0994. The predicted molar refractivity (Wildman–Crippen MR) is 70.4 cm³/mol. The second kappa shape index (κ2) is 5.48. The van der Waals surface area contributed by atoms with Gasteiger partial charge in [0.1, 0.15) is 17.1 Å². The largest absolute Gasteiger partial charge is 0.497 e. The van der Waals surface area contributed by atoms with Gasteiger partial charge in [-0.25, -0.2) is 14.8 Å². The molecule has 0 amide bonds. The summed E-state index contributed by atoms with van der Waals surface area (Å²) < 4.78 is 5.08. The maximum Gasteiger partial charge on any atom is 0.339 e. The number of hydrogen-bond donors (Lipinski definition) is 1. The van der Waals surface area contributed by atoms with E-state index < -0.39 is 5.97 Å². The maximum absolute atomic E-state index is 11.2. The van der Waals surface area contributed by atoms with Crippen LogP contribution in [-0.4, -0.2) is 28.2 Å². The zero-order valence-corrected chi connectivity index (χ0v) is 10.8. The Morgan fingerprint density at radius 2 is 2.00 bits per heavy atom. The summed E-state index contributed by atoms with van der Waals surface area (Å²) in [4.78, 5) is 19.5. The van der Waals surface area contributed by atoms with Crippen LogP contribution in [0.3, 0.4) is 0 Å². The summed E-state index contributed by atoms with van der Waals surface area (Å²) in [5.41, 5.74) is 1.26. The molecule has 0 fully saturated rings. The summed E-state index contributed by atoms with van der Waals surface area (Å²) in [7, 11) is 1.58. The first-order chi connectivity index (χ1) is 9.15. The van der Waals surface area contributed by atoms with E-state index >= 15 is 0 Å². The summed E-state index contributed by atoms with van der Waals surface area (Å²) in [5.74, 6) is 0.301. The molecule has 98 valence electrons. The molecule has 19 heavy (non-hydrogen) atoms. The summed E-state index contributed by atoms with van der Waals surface area (Å²) in [6.45, 7) is 1.92. The Hall–Kier alpha value is -2.43. The van der Waals surface area contributed by atoms with Gasteiger partial charge in [0.2, 0.25) is 0 Å². The lowest BCUT2D eigenvalue weighted by molar-refractivity contribution is 0.0697. The molecule has 2 rings (SSSR count). The van der Waals surface area contributed by atoms with E-state index in [1.54, 1.807) is 31.4 Å². The van der Waals surface area contributed by atoms with Gasteiger partial charge in [0.25, 0.3) is 0 Å². The molecule has 0 spiro atoms. The van der Waals surface area contributed by atoms with Gasteiger partial charge in [-0.1, -0.05) is 6.92 Å². The van der Waals surface area contributed by atoms with Crippen molar-refractivity contribution < 1.29 is 14.6 Å². The van der Waals surface area contributed by atoms with Crippen molar-refractivity contribution >= 4 is 5.97 Å². The molecule has 2 aromatic rings. The van der Waals surface area contributed by atoms with Gasteiger partial charge in [-0.15, -0.1) is 0 Å². The molecule has 1 aromatic heterocycles. The quantitative estimate of drug-likeness (QED) is 0.911. The van der Waals surface area contributed by atoms with Crippen molar-refractivity contribution in [2.75, 3.05) is 7.11 Å². The number of aryl methyl sites for hydroxylation is 1. The third-order valence-electron chi connectivity index (χ3n) is 2.75. The molecule has 0 unspecified atom stereocenters. The van der Waals surface area contributed by atoms with Crippen LogP contribution in [0.15, 0.2) is 30.5 Å². The molecule has 0 bridgehead atoms. The monoisotopic (exact) mass is 258 g/mol. The van der Waals surface area contributed by atoms with E-state index in [0.717, 1.165) is 5.56 Å². The van der Waals surface area contributed by atoms with Crippen LogP contribution in [0.5, 0.6) is 5.75 Å². The molecule has 1 heterocycles. The number of methoxy groups -OCH3 is 1. The number of aromatic carboxylic acids is 1. The number of aromatic nitrogens is 2. The number of carboxylic acid groups (broad SMARTS) is 1. The van der Waals surface area contributed by atoms with Crippen LogP contribution in [0.2, 0.25) is 0 Å². The van der Waals surface area contributed by atoms with Gasteiger partial charge < -0.3 is 9.84 Å². The SMILES string of the molecule is CCc1ncc(C(=O)O)c(-c2ccc(OC)cc2)n1. The van der Waals surface area contributed by atoms with Crippen molar-refractivity contribution in [2.24, 2.45) is 0 Å². The highest BCUT2D eigenvalue weighted by atomic mass is 16.5. The normalized spacial score (nSPS) is 10.2. The summed E-state index contributed by atoms with van der Waals surface area (Å²) in [6, 6.07) is 7.11. The number of rotatable bonds is 4. The molecule has 5 heteroatoms. The number of ether oxygens (including phenoxy) is 1. The first kappa shape index (κ1) is 13.0. The molecule has 0 saturated heterocycles. The third-order valence-corrected chi connectivity index (χ3v) is 2.75. The van der Waals surface area contributed by atoms with Crippen LogP contribution in [0.4, 0.5) is 0 Å². The highest BCUT2D eigenvalue weighted by Gasteiger charge is 2.14. The predicted octanol–water partition coefficient (Wildman–Crippen LogP) is 2.41. The van der Waals surface area contributed by atoms with Gasteiger partial charge in [0.15, 0.2) is 0 Å². The number of benzene rings is 1. The standard InChI is InChI=1S/C14H14N2O3/c1-3-12-15-8-11(14(17)18)13(16-12)9-4-6-10(19-2)7-5-9/h4-8H,3H2,1-2H3,(H,17,18). The zero-order valence-electron chi connectivity index (χ0n) is 10.8. The minimum Gasteiger partial charge on any atom is -0.497 e. The second-order valence-electron chi connectivity index (χ2n) is 3.94. The Kier molecular flexibility index (Phi) is 3.75. The lowest BCUT2D eigenvalue weighted by Crippen LogP contribution is -2.05. The van der Waals surface area contributed by atoms with E-state index in [1.807, 2.05) is 6.92 Å². The lowest BCUT2D eigenvalue weighted by Gasteiger charge is -2.07. The van der Waals surface area contributed by atoms with Crippen molar-refractivity contribution in [3.05, 3.63) is 41.9 Å². The van der Waals surface area contributed by atoms with E-state index in [0.29, 0.717) is 23.7 Å². The Morgan fingerprint density at radius 3 is 2.53 bits per heavy atom. The molecule has 0 saturated carbocycles. The molecule has 0 aliphatic rings. The molecule has 5 nitrogen and oxygen atoms in total. The maximum atomic E-state index is 11.2. The van der Waals surface area contributed by atoms with Crippen molar-refractivity contribution in [2.45, 2.75) is 13.3 Å². The molecular formula is C14H14N2O3. The fourth-order valence-electron chi connectivity index (χ4n) is 1.71. The smallest absolute Gasteiger partial charge is 0.339 e. The first-order valence-corrected chi connectivity index (χ1v) is 5.89. The average Bonchev–Trinajstić information content (AvgIpc) is 2.46. The summed E-state index contributed by atoms with van der Waals surface area (Å²) >= 11 is 0. The Bertz CT molecular complexity index is 594. The van der Waals surface area contributed by atoms with Crippen LogP contribution in [-0.2, 0) is 6.42 Å². The van der Waals surface area contributed by atoms with Crippen LogP contribution in [0, 0.1) is 0 Å². The van der Waals surface area contributed by atoms with Gasteiger partial charge in [0.05, 0.1) is 12.8 Å². The topological polar surface area (TPSA) is 72.3 Å². The average molecular weight is 258 g/mol. The number of hydrogen-bond acceptors (Lipinski definition) is 4. The van der Waals surface area contributed by atoms with Crippen LogP contribution in [0.1, 0.15) is 23.1 Å². The number of carboxylic acids is 1. The number of nitrogens with zero attached hydrogens (tertiary/aromatic N) is 2. The minimum atomic E-state index is -1.03. The van der Waals surface area contributed by atoms with Gasteiger partial charge in [-0.3, -0.25) is 0 Å². The Morgan fingerprint density at radius 1 is 1.32 bits per heavy atom. The van der Waals surface area contributed by atoms with Crippen LogP contribution < -0.4 is 4.74 Å². The van der Waals surface area contributed by atoms with Gasteiger partial charge in [0, 0.05) is 18.2 Å². The van der Waals surface area contributed by atoms with Crippen molar-refractivity contribution in [3.63, 3.8) is 0 Å². The molecule has 1 N–H and O–H groups in total. The molecule has 0 aliphatic heterocycles. The Balaban J connectivity index is 2.54. The summed E-state index contributed by atoms with van der Waals surface area (Å²) in [5, 5.41) is 9.19. The van der Waals surface area contributed by atoms with Gasteiger partial charge in [-0.2, -0.15) is 0 Å². The fourth-order valence-corrected chi connectivity index (χ4v) is 1.71. The first-order valence-electron chi connectivity index (χ1n) is 5.89. The highest BCUT2D eigenvalue weighted by molar-refractivity contribution is 5.94. The molecular weight excluding hydrogens is 244 g/mol. The molecule has 1 aromatic carbocycles. The van der Waals surface area contributed by atoms with Crippen LogP contribution in [0.25, 0.3) is 11.3 Å². The lowest BCUT2D eigenvalue weighted by atomic mass is 10.1. The van der Waals surface area contributed by atoms with Crippen molar-refractivity contribution in [1.82, 2.24) is 9.97 Å². The highest BCUT2D eigenvalue weighted by Crippen LogP contribution is 2.24. The molecule has 0 aliphatic carbocycles. The second-order valence-corrected chi connectivity index (χ2v) is 3.94. The third kappa shape index (κ3) is 2.70. The molecule has 0 radical (unpaired) electrons. The number of carbonyl (C=O) groups is 1. The van der Waals surface area contributed by atoms with E-state index in [9.17, 15) is 9.90 Å². The Labute approximate surface area is 110 Å². The van der Waals surface area contributed by atoms with Gasteiger partial charge in [-0.05, 0) is 24.3 Å². The van der Waals surface area contributed by atoms with Crippen molar-refractivity contribution in [3.8, 4) is 17.0 Å². The van der Waals surface area contributed by atoms with Crippen molar-refractivity contribution in [1.29, 1.82) is 0 Å². The van der Waals surface area contributed by atoms with E-state index in [1.165, 1.54) is 6.20 Å². The summed E-state index contributed by atoms with van der Waals surface area (Å²) in [6.07, 6.45) is 2.01.